The number of aliphatic carboxylic acids is 1. The number of halogens is 2. The molecule has 0 unspecified atom stereocenters. The highest BCUT2D eigenvalue weighted by atomic mass is 128. The van der Waals surface area contributed by atoms with Crippen LogP contribution >= 0.6 is 37.2 Å². The average Bonchev–Trinajstić information content (AvgIpc) is 2.95. The van der Waals surface area contributed by atoms with E-state index < -0.39 is 34.5 Å². The number of carbonyl (C=O) groups excluding carboxylic acids is 1. The second-order valence-electron chi connectivity index (χ2n) is 8.30. The van der Waals surface area contributed by atoms with Gasteiger partial charge in [0.05, 0.1) is 4.90 Å². The molecule has 0 spiro atoms. The summed E-state index contributed by atoms with van der Waals surface area (Å²) >= 11 is 4.24. The van der Waals surface area contributed by atoms with E-state index in [1.807, 2.05) is 24.3 Å². The number of rotatable bonds is 9. The third-order valence-corrected chi connectivity index (χ3v) is 7.13. The van der Waals surface area contributed by atoms with Crippen LogP contribution in [0.4, 0.5) is 0 Å². The van der Waals surface area contributed by atoms with Crippen molar-refractivity contribution in [1.29, 1.82) is 0 Å². The number of hydrogen-bond acceptors (Lipinski definition) is 7. The van der Waals surface area contributed by atoms with Gasteiger partial charge < -0.3 is 21.1 Å². The summed E-state index contributed by atoms with van der Waals surface area (Å²) in [6, 6.07) is 17.0. The Bertz CT molecular complexity index is 1400. The van der Waals surface area contributed by atoms with E-state index in [1.54, 1.807) is 18.2 Å². The first kappa shape index (κ1) is 30.0. The summed E-state index contributed by atoms with van der Waals surface area (Å²) in [7, 11) is -4.06. The van der Waals surface area contributed by atoms with Gasteiger partial charge in [-0.25, -0.2) is 8.42 Å². The van der Waals surface area contributed by atoms with Crippen LogP contribution in [-0.4, -0.2) is 57.0 Å². The molecule has 0 bridgehead atoms. The lowest BCUT2D eigenvalue weighted by atomic mass is 10.0. The van der Waals surface area contributed by atoms with E-state index in [4.69, 9.17) is 0 Å². The molecule has 0 radical (unpaired) electrons. The van der Waals surface area contributed by atoms with Crippen LogP contribution in [0.25, 0.3) is 10.8 Å². The predicted octanol–water partition coefficient (Wildman–Crippen LogP) is 3.21. The van der Waals surface area contributed by atoms with Crippen LogP contribution in [0.5, 0.6) is 0 Å². The molecule has 1 aliphatic heterocycles. The van der Waals surface area contributed by atoms with Crippen molar-refractivity contribution in [2.24, 2.45) is 4.99 Å². The van der Waals surface area contributed by atoms with Gasteiger partial charge in [0.15, 0.2) is 5.96 Å². The summed E-state index contributed by atoms with van der Waals surface area (Å²) in [6.45, 7) is 1.91. The van der Waals surface area contributed by atoms with E-state index in [-0.39, 0.29) is 4.90 Å². The molecular weight excluding hydrogens is 736 g/mol. The highest BCUT2D eigenvalue weighted by Crippen LogP contribution is 2.18. The number of aliphatic imine (C=N–C) groups is 1. The van der Waals surface area contributed by atoms with E-state index in [1.165, 1.54) is 24.3 Å². The van der Waals surface area contributed by atoms with Crippen LogP contribution < -0.4 is 20.7 Å². The lowest BCUT2D eigenvalue weighted by Crippen LogP contribution is -2.48. The molecule has 0 fully saturated rings. The Balaban J connectivity index is 0.00000195. The molecule has 10 nitrogen and oxygen atoms in total. The predicted molar refractivity (Wildman–Crippen MR) is 164 cm³/mol. The van der Waals surface area contributed by atoms with Crippen molar-refractivity contribution in [3.05, 3.63) is 77.9 Å². The third kappa shape index (κ3) is 8.51. The highest BCUT2D eigenvalue weighted by Gasteiger charge is 2.26. The SMILES string of the molecule is II.O=C(NC[C@H](NS(=O)(=O)c1ccccc1)C(=O)O)c1ccc2cc(CNC3=NCCCN3)ccc2c1. The van der Waals surface area contributed by atoms with Gasteiger partial charge in [0.2, 0.25) is 10.0 Å². The topological polar surface area (TPSA) is 149 Å². The van der Waals surface area contributed by atoms with E-state index >= 15 is 0 Å². The fourth-order valence-electron chi connectivity index (χ4n) is 3.71. The zero-order valence-corrected chi connectivity index (χ0v) is 25.3. The van der Waals surface area contributed by atoms with Crippen molar-refractivity contribution in [3.63, 3.8) is 0 Å². The van der Waals surface area contributed by atoms with Gasteiger partial charge in [0.1, 0.15) is 6.04 Å². The fraction of sp³-hybridized carbons (Fsp3) is 0.240. The summed E-state index contributed by atoms with van der Waals surface area (Å²) in [5.41, 5.74) is 1.40. The van der Waals surface area contributed by atoms with Gasteiger partial charge in [0.25, 0.3) is 5.91 Å². The number of nitrogens with zero attached hydrogens (tertiary/aromatic N) is 1. The Kier molecular flexibility index (Phi) is 11.5. The minimum Gasteiger partial charge on any atom is -0.480 e. The van der Waals surface area contributed by atoms with Crippen LogP contribution in [0.2, 0.25) is 0 Å². The number of hydrogen-bond donors (Lipinski definition) is 5. The minimum atomic E-state index is -4.06. The quantitative estimate of drug-likeness (QED) is 0.211. The molecule has 0 saturated carbocycles. The summed E-state index contributed by atoms with van der Waals surface area (Å²) in [5, 5.41) is 20.3. The lowest BCUT2D eigenvalue weighted by molar-refractivity contribution is -0.138. The van der Waals surface area contributed by atoms with Crippen LogP contribution in [0.15, 0.2) is 76.6 Å². The van der Waals surface area contributed by atoms with Crippen molar-refractivity contribution in [2.75, 3.05) is 19.6 Å². The van der Waals surface area contributed by atoms with Gasteiger partial charge in [-0.1, -0.05) is 36.4 Å². The molecule has 3 aromatic rings. The molecule has 38 heavy (non-hydrogen) atoms. The van der Waals surface area contributed by atoms with E-state index in [9.17, 15) is 23.1 Å². The average molecular weight is 763 g/mol. The van der Waals surface area contributed by atoms with Crippen molar-refractivity contribution >= 4 is 75.9 Å². The molecule has 202 valence electrons. The first-order chi connectivity index (χ1) is 18.3. The summed E-state index contributed by atoms with van der Waals surface area (Å²) in [5.74, 6) is -1.11. The molecule has 1 amide bonds. The Morgan fingerprint density at radius 2 is 1.74 bits per heavy atom. The van der Waals surface area contributed by atoms with E-state index in [0.29, 0.717) is 12.1 Å². The molecule has 13 heteroatoms. The molecule has 3 aromatic carbocycles. The number of amides is 1. The molecule has 0 aromatic heterocycles. The first-order valence-electron chi connectivity index (χ1n) is 11.6. The summed E-state index contributed by atoms with van der Waals surface area (Å²) in [6.07, 6.45) is 1.03. The van der Waals surface area contributed by atoms with Crippen molar-refractivity contribution in [1.82, 2.24) is 20.7 Å². The van der Waals surface area contributed by atoms with Gasteiger partial charge in [-0.3, -0.25) is 14.6 Å². The number of fused-ring (bicyclic) bond motifs is 1. The number of carbonyl (C=O) groups is 2. The van der Waals surface area contributed by atoms with Crippen molar-refractivity contribution in [3.8, 4) is 0 Å². The van der Waals surface area contributed by atoms with Crippen molar-refractivity contribution < 1.29 is 23.1 Å². The molecule has 0 saturated heterocycles. The molecule has 1 heterocycles. The molecule has 0 aliphatic carbocycles. The van der Waals surface area contributed by atoms with Gasteiger partial charge in [-0.2, -0.15) is 4.72 Å². The normalized spacial score (nSPS) is 13.8. The van der Waals surface area contributed by atoms with Crippen LogP contribution in [0.1, 0.15) is 22.3 Å². The second-order valence-corrected chi connectivity index (χ2v) is 10.0. The zero-order chi connectivity index (χ0) is 27.5. The number of sulfonamides is 1. The third-order valence-electron chi connectivity index (χ3n) is 5.64. The smallest absolute Gasteiger partial charge is 0.323 e. The first-order valence-corrected chi connectivity index (χ1v) is 19.4. The van der Waals surface area contributed by atoms with E-state index in [0.717, 1.165) is 41.8 Å². The molecular formula is C25H27I2N5O5S. The molecule has 1 atom stereocenters. The Labute approximate surface area is 244 Å². The largest absolute Gasteiger partial charge is 0.480 e. The maximum absolute atomic E-state index is 12.7. The van der Waals surface area contributed by atoms with Gasteiger partial charge in [-0.05, 0) is 53.1 Å². The van der Waals surface area contributed by atoms with Crippen LogP contribution in [0.3, 0.4) is 0 Å². The zero-order valence-electron chi connectivity index (χ0n) is 20.2. The van der Waals surface area contributed by atoms with Gasteiger partial charge in [-0.15, -0.1) is 0 Å². The molecule has 1 aliphatic rings. The minimum absolute atomic E-state index is 0.0605. The number of guanidine groups is 1. The molecule has 4 rings (SSSR count). The number of benzene rings is 3. The maximum atomic E-state index is 12.7. The van der Waals surface area contributed by atoms with Crippen molar-refractivity contribution in [2.45, 2.75) is 23.9 Å². The monoisotopic (exact) mass is 763 g/mol. The van der Waals surface area contributed by atoms with Crippen LogP contribution in [0, 0.1) is 0 Å². The van der Waals surface area contributed by atoms with E-state index in [2.05, 4.69) is 62.9 Å². The number of nitrogens with one attached hydrogen (secondary N) is 4. The standard InChI is InChI=1S/C25H27N5O5S.I2/c31-23(28-16-22(24(32)33)30-36(34,35)21-5-2-1-3-6-21)20-10-9-18-13-17(7-8-19(18)14-20)15-29-25-26-11-4-12-27-25;1-2/h1-3,5-10,13-14,22,30H,4,11-12,15-16H2,(H,28,31)(H,32,33)(H2,26,27,29);/t22-;/m0./s1. The Morgan fingerprint density at radius 3 is 2.42 bits per heavy atom. The lowest BCUT2D eigenvalue weighted by Gasteiger charge is -2.16. The molecule has 5 N–H and O–H groups in total. The van der Waals surface area contributed by atoms with Gasteiger partial charge >= 0.3 is 5.97 Å². The highest BCUT2D eigenvalue weighted by molar-refractivity contribution is 15.0. The second kappa shape index (κ2) is 14.6. The fourth-order valence-corrected chi connectivity index (χ4v) is 4.92. The Hall–Kier alpha value is -2.50. The maximum Gasteiger partial charge on any atom is 0.323 e. The Morgan fingerprint density at radius 1 is 1.03 bits per heavy atom. The summed E-state index contributed by atoms with van der Waals surface area (Å²) in [4.78, 5) is 28.6. The number of carboxylic acids is 1. The van der Waals surface area contributed by atoms with Gasteiger partial charge in [0, 0.05) is 69.0 Å². The number of carboxylic acid groups (broad SMARTS) is 1. The summed E-state index contributed by atoms with van der Waals surface area (Å²) < 4.78 is 27.1. The van der Waals surface area contributed by atoms with Crippen LogP contribution in [-0.2, 0) is 21.4 Å².